The Bertz CT molecular complexity index is 1180. The fraction of sp³-hybridized carbons (Fsp3) is 0.417. The Morgan fingerprint density at radius 1 is 1.09 bits per heavy atom. The number of amides is 2. The van der Waals surface area contributed by atoms with Gasteiger partial charge in [0.25, 0.3) is 5.91 Å². The van der Waals surface area contributed by atoms with Crippen LogP contribution in [0.3, 0.4) is 0 Å². The second kappa shape index (κ2) is 9.74. The van der Waals surface area contributed by atoms with E-state index in [1.807, 2.05) is 32.0 Å². The molecule has 2 N–H and O–H groups in total. The summed E-state index contributed by atoms with van der Waals surface area (Å²) >= 11 is 1.68. The fourth-order valence-electron chi connectivity index (χ4n) is 3.98. The van der Waals surface area contributed by atoms with E-state index in [0.717, 1.165) is 40.3 Å². The van der Waals surface area contributed by atoms with E-state index in [-0.39, 0.29) is 18.4 Å². The summed E-state index contributed by atoms with van der Waals surface area (Å²) in [4.78, 5) is 38.1. The summed E-state index contributed by atoms with van der Waals surface area (Å²) in [5.74, 6) is 0.833. The van der Waals surface area contributed by atoms with E-state index in [2.05, 4.69) is 39.6 Å². The highest BCUT2D eigenvalue weighted by molar-refractivity contribution is 7.18. The minimum atomic E-state index is -0.398. The number of nitrogens with zero attached hydrogens (tertiary/aromatic N) is 3. The highest BCUT2D eigenvalue weighted by Gasteiger charge is 2.27. The molecule has 3 aromatic rings. The van der Waals surface area contributed by atoms with E-state index < -0.39 is 5.91 Å². The Hall–Kier alpha value is -3.20. The number of fused-ring (bicyclic) bond motifs is 1. The molecule has 0 aliphatic carbocycles. The van der Waals surface area contributed by atoms with Gasteiger partial charge in [-0.3, -0.25) is 20.4 Å². The van der Waals surface area contributed by atoms with Crippen molar-refractivity contribution in [2.75, 3.05) is 24.6 Å². The third kappa shape index (κ3) is 5.08. The molecule has 2 aromatic heterocycles. The molecule has 0 spiro atoms. The molecule has 0 atom stereocenters. The largest absolute Gasteiger partial charge is 0.484 e. The van der Waals surface area contributed by atoms with Crippen LogP contribution in [0, 0.1) is 33.6 Å². The van der Waals surface area contributed by atoms with Gasteiger partial charge in [0.15, 0.2) is 6.61 Å². The Labute approximate surface area is 197 Å². The number of benzene rings is 1. The first-order valence-electron chi connectivity index (χ1n) is 11.1. The summed E-state index contributed by atoms with van der Waals surface area (Å²) in [6.45, 7) is 9.50. The van der Waals surface area contributed by atoms with Crippen LogP contribution in [0.4, 0.5) is 5.82 Å². The maximum Gasteiger partial charge on any atom is 0.276 e. The molecule has 174 valence electrons. The predicted octanol–water partition coefficient (Wildman–Crippen LogP) is 3.37. The Kier molecular flexibility index (Phi) is 6.78. The first-order chi connectivity index (χ1) is 15.8. The van der Waals surface area contributed by atoms with Crippen LogP contribution >= 0.6 is 11.3 Å². The van der Waals surface area contributed by atoms with Gasteiger partial charge in [-0.25, -0.2) is 9.97 Å². The van der Waals surface area contributed by atoms with E-state index in [4.69, 9.17) is 4.74 Å². The van der Waals surface area contributed by atoms with Crippen LogP contribution in [0.15, 0.2) is 24.5 Å². The molecule has 0 bridgehead atoms. The molecule has 1 aromatic carbocycles. The second-order valence-electron chi connectivity index (χ2n) is 8.49. The summed E-state index contributed by atoms with van der Waals surface area (Å²) in [6.07, 6.45) is 2.99. The van der Waals surface area contributed by atoms with Gasteiger partial charge in [-0.1, -0.05) is 6.07 Å². The van der Waals surface area contributed by atoms with E-state index in [9.17, 15) is 9.59 Å². The summed E-state index contributed by atoms with van der Waals surface area (Å²) in [5.41, 5.74) is 8.48. The number of piperidine rings is 1. The molecule has 0 saturated carbocycles. The molecule has 33 heavy (non-hydrogen) atoms. The summed E-state index contributed by atoms with van der Waals surface area (Å²) in [5, 5.41) is 1.11. The van der Waals surface area contributed by atoms with Crippen LogP contribution in [-0.2, 0) is 9.59 Å². The minimum absolute atomic E-state index is 0.162. The molecular weight excluding hydrogens is 438 g/mol. The van der Waals surface area contributed by atoms with Gasteiger partial charge in [0.05, 0.1) is 5.39 Å². The zero-order valence-electron chi connectivity index (χ0n) is 19.4. The SMILES string of the molecule is Cc1ccc(OCC(=O)NNC(=O)C2CCN(c3ncnc4sc(C)c(C)c34)CC2)cc1C. The molecular formula is C24H29N5O3S. The number of nitrogens with one attached hydrogen (secondary N) is 2. The zero-order valence-corrected chi connectivity index (χ0v) is 20.2. The van der Waals surface area contributed by atoms with Gasteiger partial charge in [0.2, 0.25) is 5.91 Å². The lowest BCUT2D eigenvalue weighted by molar-refractivity contribution is -0.132. The normalized spacial score (nSPS) is 14.4. The molecule has 8 nitrogen and oxygen atoms in total. The number of anilines is 1. The van der Waals surface area contributed by atoms with Crippen molar-refractivity contribution < 1.29 is 14.3 Å². The lowest BCUT2D eigenvalue weighted by atomic mass is 9.96. The molecule has 2 amide bonds. The molecule has 1 aliphatic heterocycles. The summed E-state index contributed by atoms with van der Waals surface area (Å²) in [7, 11) is 0. The number of aryl methyl sites for hydroxylation is 4. The van der Waals surface area contributed by atoms with Gasteiger partial charge in [0.1, 0.15) is 22.7 Å². The Morgan fingerprint density at radius 3 is 2.58 bits per heavy atom. The first-order valence-corrected chi connectivity index (χ1v) is 11.9. The van der Waals surface area contributed by atoms with Crippen LogP contribution < -0.4 is 20.5 Å². The van der Waals surface area contributed by atoms with Crippen LogP contribution in [0.5, 0.6) is 5.75 Å². The number of ether oxygens (including phenoxy) is 1. The Morgan fingerprint density at radius 2 is 1.85 bits per heavy atom. The van der Waals surface area contributed by atoms with Crippen molar-refractivity contribution in [2.45, 2.75) is 40.5 Å². The molecule has 3 heterocycles. The van der Waals surface area contributed by atoms with Crippen molar-refractivity contribution in [3.05, 3.63) is 46.1 Å². The molecule has 9 heteroatoms. The van der Waals surface area contributed by atoms with Crippen molar-refractivity contribution >= 4 is 39.2 Å². The third-order valence-electron chi connectivity index (χ3n) is 6.28. The smallest absolute Gasteiger partial charge is 0.276 e. The van der Waals surface area contributed by atoms with Gasteiger partial charge < -0.3 is 9.64 Å². The maximum absolute atomic E-state index is 12.6. The number of carbonyl (C=O) groups is 2. The molecule has 0 unspecified atom stereocenters. The minimum Gasteiger partial charge on any atom is -0.484 e. The highest BCUT2D eigenvalue weighted by atomic mass is 32.1. The molecule has 1 fully saturated rings. The molecule has 1 saturated heterocycles. The number of aromatic nitrogens is 2. The maximum atomic E-state index is 12.6. The topological polar surface area (TPSA) is 96.5 Å². The number of carbonyl (C=O) groups excluding carboxylic acids is 2. The van der Waals surface area contributed by atoms with Crippen LogP contribution in [0.25, 0.3) is 10.2 Å². The quantitative estimate of drug-likeness (QED) is 0.559. The van der Waals surface area contributed by atoms with Crippen LogP contribution in [0.2, 0.25) is 0 Å². The van der Waals surface area contributed by atoms with E-state index >= 15 is 0 Å². The second-order valence-corrected chi connectivity index (χ2v) is 9.70. The van der Waals surface area contributed by atoms with Crippen LogP contribution in [0.1, 0.15) is 34.4 Å². The monoisotopic (exact) mass is 467 g/mol. The number of thiophene rings is 1. The summed E-state index contributed by atoms with van der Waals surface area (Å²) < 4.78 is 5.51. The third-order valence-corrected chi connectivity index (χ3v) is 7.40. The number of hydrazine groups is 1. The zero-order chi connectivity index (χ0) is 23.5. The van der Waals surface area contributed by atoms with Gasteiger partial charge in [-0.15, -0.1) is 11.3 Å². The van der Waals surface area contributed by atoms with Crippen molar-refractivity contribution in [1.29, 1.82) is 0 Å². The van der Waals surface area contributed by atoms with Gasteiger partial charge in [-0.05, 0) is 69.4 Å². The first kappa shape index (κ1) is 23.0. The average Bonchev–Trinajstić information content (AvgIpc) is 3.12. The van der Waals surface area contributed by atoms with Crippen molar-refractivity contribution in [2.24, 2.45) is 5.92 Å². The molecule has 1 aliphatic rings. The predicted molar refractivity (Wildman–Crippen MR) is 130 cm³/mol. The highest BCUT2D eigenvalue weighted by Crippen LogP contribution is 2.35. The van der Waals surface area contributed by atoms with Gasteiger partial charge in [-0.2, -0.15) is 0 Å². The summed E-state index contributed by atoms with van der Waals surface area (Å²) in [6, 6.07) is 5.66. The van der Waals surface area contributed by atoms with E-state index in [1.54, 1.807) is 17.7 Å². The fourth-order valence-corrected chi connectivity index (χ4v) is 4.97. The average molecular weight is 468 g/mol. The van der Waals surface area contributed by atoms with Gasteiger partial charge in [0, 0.05) is 23.9 Å². The number of hydrogen-bond acceptors (Lipinski definition) is 7. The van der Waals surface area contributed by atoms with Crippen molar-refractivity contribution in [3.8, 4) is 5.75 Å². The van der Waals surface area contributed by atoms with E-state index in [0.29, 0.717) is 18.6 Å². The van der Waals surface area contributed by atoms with Crippen molar-refractivity contribution in [1.82, 2.24) is 20.8 Å². The lowest BCUT2D eigenvalue weighted by Crippen LogP contribution is -2.48. The standard InChI is InChI=1S/C24H29N5O3S/c1-14-5-6-19(11-15(14)2)32-12-20(30)27-28-23(31)18-7-9-29(10-8-18)22-21-16(3)17(4)33-24(21)26-13-25-22/h5-6,11,13,18H,7-10,12H2,1-4H3,(H,27,30)(H,28,31). The van der Waals surface area contributed by atoms with Gasteiger partial charge >= 0.3 is 0 Å². The molecule has 0 radical (unpaired) electrons. The van der Waals surface area contributed by atoms with E-state index in [1.165, 1.54) is 10.4 Å². The van der Waals surface area contributed by atoms with Crippen molar-refractivity contribution in [3.63, 3.8) is 0 Å². The number of rotatable bonds is 5. The lowest BCUT2D eigenvalue weighted by Gasteiger charge is -2.32. The molecule has 4 rings (SSSR count). The van der Waals surface area contributed by atoms with Crippen LogP contribution in [-0.4, -0.2) is 41.5 Å². The Balaban J connectivity index is 1.26. The number of hydrogen-bond donors (Lipinski definition) is 2.